The molecule has 4 aromatic rings. The van der Waals surface area contributed by atoms with Gasteiger partial charge in [0.25, 0.3) is 5.56 Å². The fourth-order valence-corrected chi connectivity index (χ4v) is 6.13. The van der Waals surface area contributed by atoms with Crippen LogP contribution in [0.5, 0.6) is 0 Å². The van der Waals surface area contributed by atoms with Crippen LogP contribution in [-0.4, -0.2) is 34.8 Å². The van der Waals surface area contributed by atoms with E-state index in [1.54, 1.807) is 11.5 Å². The zero-order chi connectivity index (χ0) is 27.7. The average molecular weight is 544 g/mol. The molecule has 3 heterocycles. The van der Waals surface area contributed by atoms with Gasteiger partial charge in [0, 0.05) is 22.2 Å². The molecule has 9 heteroatoms. The molecule has 8 nitrogen and oxygen atoms in total. The first kappa shape index (κ1) is 26.4. The number of carbonyl (C=O) groups excluding carboxylic acids is 2. The molecule has 0 saturated heterocycles. The van der Waals surface area contributed by atoms with E-state index in [0.29, 0.717) is 33.6 Å². The summed E-state index contributed by atoms with van der Waals surface area (Å²) in [7, 11) is 1.34. The summed E-state index contributed by atoms with van der Waals surface area (Å²) in [4.78, 5) is 44.6. The Bertz CT molecular complexity index is 1790. The molecule has 5 rings (SSSR count). The van der Waals surface area contributed by atoms with Crippen molar-refractivity contribution in [3.63, 3.8) is 0 Å². The lowest BCUT2D eigenvalue weighted by Gasteiger charge is -2.25. The zero-order valence-corrected chi connectivity index (χ0v) is 23.1. The van der Waals surface area contributed by atoms with Gasteiger partial charge < -0.3 is 14.0 Å². The van der Waals surface area contributed by atoms with Crippen molar-refractivity contribution in [3.8, 4) is 0 Å². The number of para-hydroxylation sites is 1. The topological polar surface area (TPSA) is 91.9 Å². The summed E-state index contributed by atoms with van der Waals surface area (Å²) in [6.45, 7) is 6.02. The lowest BCUT2D eigenvalue weighted by atomic mass is 9.95. The van der Waals surface area contributed by atoms with Gasteiger partial charge in [-0.15, -0.1) is 0 Å². The number of thiazole rings is 1. The third kappa shape index (κ3) is 4.63. The number of esters is 2. The molecule has 0 N–H and O–H groups in total. The third-order valence-electron chi connectivity index (χ3n) is 6.91. The maximum Gasteiger partial charge on any atom is 0.338 e. The number of aromatic nitrogens is 2. The Morgan fingerprint density at radius 2 is 1.79 bits per heavy atom. The third-order valence-corrected chi connectivity index (χ3v) is 7.90. The van der Waals surface area contributed by atoms with Gasteiger partial charge in [0.05, 0.1) is 35.6 Å². The predicted octanol–water partition coefficient (Wildman–Crippen LogP) is 3.62. The van der Waals surface area contributed by atoms with E-state index in [-0.39, 0.29) is 18.1 Å². The Morgan fingerprint density at radius 1 is 1.08 bits per heavy atom. The largest absolute Gasteiger partial charge is 0.466 e. The Balaban J connectivity index is 1.75. The standard InChI is InChI=1S/C30H29N3O5S/c1-5-22-26(29(36)37-4)27(19-12-8-7-9-13-19)33-28(35)24(39-30(33)31-22)16-21-18(3)32(17-25(34)38-6-2)23-15-11-10-14-20(21)23/h7-16,27H,5-6,17H2,1-4H3/b24-16+/t27-/m0/s1. The van der Waals surface area contributed by atoms with Gasteiger partial charge in [0.1, 0.15) is 6.54 Å². The number of hydrogen-bond donors (Lipinski definition) is 0. The number of allylic oxidation sites excluding steroid dienone is 1. The van der Waals surface area contributed by atoms with Crippen molar-refractivity contribution in [1.29, 1.82) is 0 Å². The summed E-state index contributed by atoms with van der Waals surface area (Å²) in [5.74, 6) is -0.825. The smallest absolute Gasteiger partial charge is 0.338 e. The van der Waals surface area contributed by atoms with Crippen LogP contribution in [0.15, 0.2) is 75.7 Å². The van der Waals surface area contributed by atoms with Crippen molar-refractivity contribution in [3.05, 3.63) is 102 Å². The molecular formula is C30H29N3O5S. The summed E-state index contributed by atoms with van der Waals surface area (Å²) in [6, 6.07) is 16.6. The van der Waals surface area contributed by atoms with Crippen LogP contribution in [0.1, 0.15) is 43.1 Å². The molecule has 0 aliphatic carbocycles. The fraction of sp³-hybridized carbons (Fsp3) is 0.267. The maximum atomic E-state index is 14.0. The van der Waals surface area contributed by atoms with E-state index < -0.39 is 12.0 Å². The molecule has 0 fully saturated rings. The Kier molecular flexibility index (Phi) is 7.34. The van der Waals surface area contributed by atoms with Gasteiger partial charge >= 0.3 is 11.9 Å². The first-order valence-corrected chi connectivity index (χ1v) is 13.6. The molecule has 0 amide bonds. The molecule has 0 spiro atoms. The molecule has 0 unspecified atom stereocenters. The van der Waals surface area contributed by atoms with Crippen molar-refractivity contribution in [2.75, 3.05) is 13.7 Å². The monoisotopic (exact) mass is 543 g/mol. The Morgan fingerprint density at radius 3 is 2.49 bits per heavy atom. The molecule has 2 aromatic carbocycles. The van der Waals surface area contributed by atoms with Gasteiger partial charge in [-0.25, -0.2) is 9.79 Å². The zero-order valence-electron chi connectivity index (χ0n) is 22.3. The SMILES string of the molecule is CCOC(=O)Cn1c(C)c(/C=c2/sc3n(c2=O)[C@@H](c2ccccc2)C(C(=O)OC)=C(CC)N=3)c2ccccc21. The second kappa shape index (κ2) is 10.9. The number of ether oxygens (including phenoxy) is 2. The Labute approximate surface area is 229 Å². The molecule has 1 aliphatic heterocycles. The summed E-state index contributed by atoms with van der Waals surface area (Å²) in [6.07, 6.45) is 2.37. The molecule has 39 heavy (non-hydrogen) atoms. The highest BCUT2D eigenvalue weighted by molar-refractivity contribution is 7.07. The number of nitrogens with zero attached hydrogens (tertiary/aromatic N) is 3. The molecule has 0 saturated carbocycles. The molecular weight excluding hydrogens is 514 g/mol. The number of rotatable bonds is 7. The van der Waals surface area contributed by atoms with Crippen LogP contribution in [0.25, 0.3) is 17.0 Å². The van der Waals surface area contributed by atoms with E-state index in [1.165, 1.54) is 18.4 Å². The summed E-state index contributed by atoms with van der Waals surface area (Å²) in [5, 5.41) is 0.925. The van der Waals surface area contributed by atoms with Crippen LogP contribution in [0.2, 0.25) is 0 Å². The van der Waals surface area contributed by atoms with Gasteiger partial charge in [-0.2, -0.15) is 0 Å². The van der Waals surface area contributed by atoms with Crippen LogP contribution in [0.3, 0.4) is 0 Å². The van der Waals surface area contributed by atoms with Gasteiger partial charge in [0.2, 0.25) is 0 Å². The van der Waals surface area contributed by atoms with Crippen molar-refractivity contribution >= 4 is 40.3 Å². The van der Waals surface area contributed by atoms with Crippen LogP contribution in [-0.2, 0) is 25.6 Å². The molecule has 200 valence electrons. The first-order valence-electron chi connectivity index (χ1n) is 12.8. The molecule has 0 radical (unpaired) electrons. The quantitative estimate of drug-likeness (QED) is 0.332. The molecule has 1 aliphatic rings. The van der Waals surface area contributed by atoms with Crippen molar-refractivity contribution in [2.45, 2.75) is 39.8 Å². The minimum absolute atomic E-state index is 0.0750. The van der Waals surface area contributed by atoms with Crippen LogP contribution >= 0.6 is 11.3 Å². The highest BCUT2D eigenvalue weighted by atomic mass is 32.1. The van der Waals surface area contributed by atoms with Crippen molar-refractivity contribution < 1.29 is 19.1 Å². The van der Waals surface area contributed by atoms with Crippen molar-refractivity contribution in [1.82, 2.24) is 9.13 Å². The second-order valence-corrected chi connectivity index (χ2v) is 10.1. The van der Waals surface area contributed by atoms with E-state index in [4.69, 9.17) is 14.5 Å². The minimum Gasteiger partial charge on any atom is -0.466 e. The van der Waals surface area contributed by atoms with E-state index >= 15 is 0 Å². The predicted molar refractivity (Wildman–Crippen MR) is 150 cm³/mol. The minimum atomic E-state index is -0.654. The van der Waals surface area contributed by atoms with E-state index in [9.17, 15) is 14.4 Å². The highest BCUT2D eigenvalue weighted by Gasteiger charge is 2.33. The highest BCUT2D eigenvalue weighted by Crippen LogP contribution is 2.32. The number of fused-ring (bicyclic) bond motifs is 2. The number of carbonyl (C=O) groups is 2. The summed E-state index contributed by atoms with van der Waals surface area (Å²) >= 11 is 1.29. The van der Waals surface area contributed by atoms with Gasteiger partial charge in [-0.1, -0.05) is 66.8 Å². The lowest BCUT2D eigenvalue weighted by molar-refractivity contribution is -0.143. The first-order chi connectivity index (χ1) is 18.9. The van der Waals surface area contributed by atoms with Gasteiger partial charge in [-0.3, -0.25) is 14.2 Å². The molecule has 0 bridgehead atoms. The van der Waals surface area contributed by atoms with Gasteiger partial charge in [0.15, 0.2) is 4.80 Å². The van der Waals surface area contributed by atoms with E-state index in [0.717, 1.165) is 27.7 Å². The second-order valence-electron chi connectivity index (χ2n) is 9.11. The lowest BCUT2D eigenvalue weighted by Crippen LogP contribution is -2.40. The Hall–Kier alpha value is -4.24. The van der Waals surface area contributed by atoms with Gasteiger partial charge in [-0.05, 0) is 38.0 Å². The maximum absolute atomic E-state index is 14.0. The average Bonchev–Trinajstić information content (AvgIpc) is 3.40. The van der Waals surface area contributed by atoms with Crippen molar-refractivity contribution in [2.24, 2.45) is 4.99 Å². The number of methoxy groups -OCH3 is 1. The molecule has 1 atom stereocenters. The molecule has 2 aromatic heterocycles. The van der Waals surface area contributed by atoms with Crippen LogP contribution in [0.4, 0.5) is 0 Å². The summed E-state index contributed by atoms with van der Waals surface area (Å²) in [5.41, 5.74) is 4.10. The van der Waals surface area contributed by atoms with Crippen LogP contribution < -0.4 is 14.9 Å². The number of benzene rings is 2. The number of hydrogen-bond acceptors (Lipinski definition) is 7. The summed E-state index contributed by atoms with van der Waals surface area (Å²) < 4.78 is 14.3. The van der Waals surface area contributed by atoms with Crippen LogP contribution in [0, 0.1) is 6.92 Å². The fourth-order valence-electron chi connectivity index (χ4n) is 5.13. The normalized spacial score (nSPS) is 15.3. The van der Waals surface area contributed by atoms with E-state index in [2.05, 4.69) is 0 Å². The van der Waals surface area contributed by atoms with E-state index in [1.807, 2.05) is 79.1 Å².